The second-order valence-electron chi connectivity index (χ2n) is 11.2. The summed E-state index contributed by atoms with van der Waals surface area (Å²) < 4.78 is 0. The Hall–Kier alpha value is -2.85. The number of nitrogens with zero attached hydrogens (tertiary/aromatic N) is 1. The number of fused-ring (bicyclic) bond motifs is 1. The Labute approximate surface area is 207 Å². The molecule has 2 atom stereocenters. The van der Waals surface area contributed by atoms with Crippen molar-refractivity contribution in [3.8, 4) is 11.1 Å². The normalized spacial score (nSPS) is 27.7. The van der Waals surface area contributed by atoms with Crippen molar-refractivity contribution < 1.29 is 9.59 Å². The summed E-state index contributed by atoms with van der Waals surface area (Å²) in [6.45, 7) is 2.28. The van der Waals surface area contributed by atoms with Gasteiger partial charge in [0.1, 0.15) is 11.6 Å². The molecule has 4 nitrogen and oxygen atoms in total. The van der Waals surface area contributed by atoms with E-state index in [1.165, 1.54) is 12.8 Å². The number of aromatic nitrogens is 1. The van der Waals surface area contributed by atoms with Gasteiger partial charge in [0, 0.05) is 29.0 Å². The lowest BCUT2D eigenvalue weighted by molar-refractivity contribution is -0.127. The van der Waals surface area contributed by atoms with Crippen molar-refractivity contribution in [3.05, 3.63) is 66.4 Å². The van der Waals surface area contributed by atoms with E-state index in [1.807, 2.05) is 12.3 Å². The molecule has 0 amide bonds. The first-order valence-corrected chi connectivity index (χ1v) is 13.2. The highest BCUT2D eigenvalue weighted by molar-refractivity contribution is 5.86. The van der Waals surface area contributed by atoms with Gasteiger partial charge in [0.15, 0.2) is 0 Å². The largest absolute Gasteiger partial charge is 0.304 e. The lowest BCUT2D eigenvalue weighted by Crippen LogP contribution is -2.57. The van der Waals surface area contributed by atoms with Gasteiger partial charge in [-0.15, -0.1) is 0 Å². The van der Waals surface area contributed by atoms with Crippen LogP contribution >= 0.6 is 0 Å². The van der Waals surface area contributed by atoms with Crippen molar-refractivity contribution in [3.63, 3.8) is 0 Å². The van der Waals surface area contributed by atoms with Gasteiger partial charge < -0.3 is 5.32 Å². The Morgan fingerprint density at radius 3 is 2.46 bits per heavy atom. The summed E-state index contributed by atoms with van der Waals surface area (Å²) >= 11 is 0. The van der Waals surface area contributed by atoms with Crippen molar-refractivity contribution >= 4 is 22.5 Å². The highest BCUT2D eigenvalue weighted by Crippen LogP contribution is 2.48. The van der Waals surface area contributed by atoms with Crippen LogP contribution in [-0.2, 0) is 9.59 Å². The highest BCUT2D eigenvalue weighted by Gasteiger charge is 2.48. The summed E-state index contributed by atoms with van der Waals surface area (Å²) in [4.78, 5) is 29.8. The van der Waals surface area contributed by atoms with Crippen LogP contribution in [0.4, 0.5) is 0 Å². The van der Waals surface area contributed by atoms with Crippen molar-refractivity contribution in [1.29, 1.82) is 0 Å². The molecule has 1 aromatic heterocycles. The third kappa shape index (κ3) is 4.45. The molecule has 1 aliphatic heterocycles. The second kappa shape index (κ2) is 8.98. The number of carbonyl (C=O) groups is 2. The third-order valence-electron chi connectivity index (χ3n) is 8.96. The zero-order valence-electron chi connectivity index (χ0n) is 20.5. The number of ketones is 2. The number of Topliss-reactive ketones (excluding diaryl/α,β-unsaturated/α-hetero) is 2. The molecule has 1 N–H and O–H groups in total. The lowest BCUT2D eigenvalue weighted by Gasteiger charge is -2.47. The predicted octanol–water partition coefficient (Wildman–Crippen LogP) is 6.09. The van der Waals surface area contributed by atoms with E-state index < -0.39 is 0 Å². The average Bonchev–Trinajstić information content (AvgIpc) is 3.73. The Balaban J connectivity index is 1.17. The minimum absolute atomic E-state index is 0.0517. The molecule has 4 heteroatoms. The number of rotatable bonds is 5. The molecule has 1 spiro atoms. The van der Waals surface area contributed by atoms with Gasteiger partial charge in [-0.25, -0.2) is 0 Å². The van der Waals surface area contributed by atoms with E-state index in [4.69, 9.17) is 0 Å². The van der Waals surface area contributed by atoms with E-state index in [0.717, 1.165) is 59.7 Å². The maximum Gasteiger partial charge on any atom is 0.150 e. The Morgan fingerprint density at radius 2 is 1.74 bits per heavy atom. The fourth-order valence-corrected chi connectivity index (χ4v) is 6.82. The molecule has 1 saturated heterocycles. The predicted molar refractivity (Wildman–Crippen MR) is 139 cm³/mol. The standard InChI is InChI=1S/C31H34N2O2/c1-20(34)30(25-12-14-31(15-13-25)18-27(22-6-7-22)29(35)19-33-31)24-9-4-21(5-10-24)26-11-8-23-3-2-16-32-28(23)17-26/h2-5,8-11,16-17,22,25,27,30,33H,6-7,12-15,18-19H2,1H3. The SMILES string of the molecule is CC(=O)C(c1ccc(-c2ccc3cccnc3c2)cc1)C1CCC2(CC1)CC(C1CC1)C(=O)CN2. The molecule has 3 aliphatic rings. The summed E-state index contributed by atoms with van der Waals surface area (Å²) in [6, 6.07) is 19.0. The van der Waals surface area contributed by atoms with Crippen LogP contribution in [0.2, 0.25) is 0 Å². The van der Waals surface area contributed by atoms with Gasteiger partial charge in [0.2, 0.25) is 0 Å². The van der Waals surface area contributed by atoms with E-state index >= 15 is 0 Å². The number of pyridine rings is 1. The summed E-state index contributed by atoms with van der Waals surface area (Å²) in [5.41, 5.74) is 4.52. The number of piperidine rings is 1. The van der Waals surface area contributed by atoms with Crippen molar-refractivity contribution in [1.82, 2.24) is 10.3 Å². The second-order valence-corrected chi connectivity index (χ2v) is 11.2. The van der Waals surface area contributed by atoms with Crippen LogP contribution in [0.5, 0.6) is 0 Å². The fraction of sp³-hybridized carbons (Fsp3) is 0.452. The first-order valence-electron chi connectivity index (χ1n) is 13.2. The number of hydrogen-bond donors (Lipinski definition) is 1. The zero-order valence-corrected chi connectivity index (χ0v) is 20.5. The molecule has 3 aromatic rings. The van der Waals surface area contributed by atoms with E-state index in [0.29, 0.717) is 24.2 Å². The molecule has 2 saturated carbocycles. The van der Waals surface area contributed by atoms with Crippen LogP contribution in [0, 0.1) is 17.8 Å². The van der Waals surface area contributed by atoms with Crippen molar-refractivity contribution in [2.45, 2.75) is 63.3 Å². The van der Waals surface area contributed by atoms with Gasteiger partial charge in [-0.3, -0.25) is 14.6 Å². The highest BCUT2D eigenvalue weighted by atomic mass is 16.1. The maximum atomic E-state index is 12.8. The van der Waals surface area contributed by atoms with Gasteiger partial charge in [0.25, 0.3) is 0 Å². The Kier molecular flexibility index (Phi) is 5.80. The van der Waals surface area contributed by atoms with Gasteiger partial charge in [-0.1, -0.05) is 42.5 Å². The minimum atomic E-state index is -0.0517. The summed E-state index contributed by atoms with van der Waals surface area (Å²) in [5, 5.41) is 4.76. The van der Waals surface area contributed by atoms with Gasteiger partial charge in [0.05, 0.1) is 12.1 Å². The minimum Gasteiger partial charge on any atom is -0.304 e. The van der Waals surface area contributed by atoms with Gasteiger partial charge in [-0.05, 0) is 92.5 Å². The fourth-order valence-electron chi connectivity index (χ4n) is 6.82. The molecule has 0 radical (unpaired) electrons. The number of benzene rings is 2. The molecule has 2 heterocycles. The molecular formula is C31H34N2O2. The maximum absolute atomic E-state index is 12.8. The van der Waals surface area contributed by atoms with Gasteiger partial charge in [-0.2, -0.15) is 0 Å². The van der Waals surface area contributed by atoms with Crippen LogP contribution in [0.25, 0.3) is 22.0 Å². The quantitative estimate of drug-likeness (QED) is 0.494. The first-order chi connectivity index (χ1) is 17.0. The Bertz CT molecular complexity index is 1250. The average molecular weight is 467 g/mol. The number of nitrogens with one attached hydrogen (secondary N) is 1. The van der Waals surface area contributed by atoms with Crippen LogP contribution in [-0.4, -0.2) is 28.6 Å². The number of carbonyl (C=O) groups excluding carboxylic acids is 2. The zero-order chi connectivity index (χ0) is 24.0. The van der Waals surface area contributed by atoms with Crippen molar-refractivity contribution in [2.24, 2.45) is 17.8 Å². The summed E-state index contributed by atoms with van der Waals surface area (Å²) in [5.74, 6) is 1.91. The molecule has 0 bridgehead atoms. The molecule has 180 valence electrons. The molecule has 2 unspecified atom stereocenters. The molecule has 35 heavy (non-hydrogen) atoms. The first kappa shape index (κ1) is 22.6. The monoisotopic (exact) mass is 466 g/mol. The van der Waals surface area contributed by atoms with Crippen LogP contribution in [0.1, 0.15) is 63.4 Å². The Morgan fingerprint density at radius 1 is 1.00 bits per heavy atom. The lowest BCUT2D eigenvalue weighted by atomic mass is 9.65. The summed E-state index contributed by atoms with van der Waals surface area (Å²) in [6.07, 6.45) is 9.51. The number of hydrogen-bond acceptors (Lipinski definition) is 4. The van der Waals surface area contributed by atoms with Crippen molar-refractivity contribution in [2.75, 3.05) is 6.54 Å². The van der Waals surface area contributed by atoms with E-state index in [-0.39, 0.29) is 23.2 Å². The third-order valence-corrected chi connectivity index (χ3v) is 8.96. The molecular weight excluding hydrogens is 432 g/mol. The van der Waals surface area contributed by atoms with E-state index in [1.54, 1.807) is 6.92 Å². The van der Waals surface area contributed by atoms with Crippen LogP contribution in [0.3, 0.4) is 0 Å². The molecule has 2 aliphatic carbocycles. The van der Waals surface area contributed by atoms with Gasteiger partial charge >= 0.3 is 0 Å². The smallest absolute Gasteiger partial charge is 0.150 e. The topological polar surface area (TPSA) is 59.1 Å². The summed E-state index contributed by atoms with van der Waals surface area (Å²) in [7, 11) is 0. The molecule has 6 rings (SSSR count). The van der Waals surface area contributed by atoms with E-state index in [2.05, 4.69) is 58.8 Å². The van der Waals surface area contributed by atoms with E-state index in [9.17, 15) is 9.59 Å². The molecule has 2 aromatic carbocycles. The molecule has 3 fully saturated rings. The van der Waals surface area contributed by atoms with Crippen LogP contribution < -0.4 is 5.32 Å². The van der Waals surface area contributed by atoms with Crippen LogP contribution in [0.15, 0.2) is 60.8 Å².